The van der Waals surface area contributed by atoms with Crippen LogP contribution in [0.4, 0.5) is 0 Å². The molecule has 1 aromatic rings. The summed E-state index contributed by atoms with van der Waals surface area (Å²) in [5.74, 6) is 7.83. The highest BCUT2D eigenvalue weighted by Crippen LogP contribution is 2.12. The largest absolute Gasteiger partial charge is 0.493 e. The minimum absolute atomic E-state index is 0.125. The number of thioether (sulfide) groups is 1. The maximum Gasteiger partial charge on any atom is 0.119 e. The second-order valence-corrected chi connectivity index (χ2v) is 4.39. The average Bonchev–Trinajstić information content (AvgIpc) is 2.37. The molecule has 0 fully saturated rings. The van der Waals surface area contributed by atoms with Gasteiger partial charge >= 0.3 is 0 Å². The van der Waals surface area contributed by atoms with Crippen LogP contribution >= 0.6 is 11.8 Å². The van der Waals surface area contributed by atoms with Crippen molar-refractivity contribution in [3.63, 3.8) is 0 Å². The van der Waals surface area contributed by atoms with Gasteiger partial charge in [-0.2, -0.15) is 11.8 Å². The first-order chi connectivity index (χ1) is 8.36. The van der Waals surface area contributed by atoms with E-state index in [1.807, 2.05) is 24.3 Å². The molecule has 0 aliphatic heterocycles. The van der Waals surface area contributed by atoms with E-state index in [1.165, 1.54) is 0 Å². The molecule has 0 aromatic heterocycles. The Morgan fingerprint density at radius 1 is 1.12 bits per heavy atom. The second-order valence-electron chi connectivity index (χ2n) is 3.17. The van der Waals surface area contributed by atoms with Crippen molar-refractivity contribution in [2.75, 3.05) is 31.3 Å². The average molecular weight is 252 g/mol. The molecule has 4 heteroatoms. The van der Waals surface area contributed by atoms with Gasteiger partial charge in [0.2, 0.25) is 0 Å². The molecule has 0 heterocycles. The molecule has 1 rings (SSSR count). The molecular formula is C13H16O3S. The van der Waals surface area contributed by atoms with Crippen LogP contribution in [-0.4, -0.2) is 41.5 Å². The Balaban J connectivity index is 2.30. The summed E-state index contributed by atoms with van der Waals surface area (Å²) in [5, 5.41) is 17.1. The van der Waals surface area contributed by atoms with Gasteiger partial charge in [0.05, 0.1) is 13.2 Å². The molecule has 0 saturated carbocycles. The molecule has 0 amide bonds. The quantitative estimate of drug-likeness (QED) is 0.589. The zero-order chi connectivity index (χ0) is 12.3. The fourth-order valence-corrected chi connectivity index (χ4v) is 1.70. The van der Waals surface area contributed by atoms with Crippen molar-refractivity contribution in [2.45, 2.75) is 0 Å². The minimum atomic E-state index is -0.125. The predicted molar refractivity (Wildman–Crippen MR) is 70.3 cm³/mol. The van der Waals surface area contributed by atoms with E-state index in [-0.39, 0.29) is 13.2 Å². The van der Waals surface area contributed by atoms with Crippen molar-refractivity contribution >= 4 is 11.8 Å². The summed E-state index contributed by atoms with van der Waals surface area (Å²) in [7, 11) is 0. The van der Waals surface area contributed by atoms with Gasteiger partial charge in [0.1, 0.15) is 12.4 Å². The van der Waals surface area contributed by atoms with Gasteiger partial charge in [-0.1, -0.05) is 11.8 Å². The number of hydrogen-bond donors (Lipinski definition) is 2. The zero-order valence-electron chi connectivity index (χ0n) is 9.56. The van der Waals surface area contributed by atoms with Crippen molar-refractivity contribution in [1.82, 2.24) is 0 Å². The smallest absolute Gasteiger partial charge is 0.119 e. The molecule has 17 heavy (non-hydrogen) atoms. The van der Waals surface area contributed by atoms with Crippen molar-refractivity contribution in [2.24, 2.45) is 0 Å². The van der Waals surface area contributed by atoms with Gasteiger partial charge in [0.15, 0.2) is 0 Å². The third kappa shape index (κ3) is 6.22. The first-order valence-corrected chi connectivity index (χ1v) is 6.53. The van der Waals surface area contributed by atoms with Crippen LogP contribution in [0.5, 0.6) is 5.75 Å². The van der Waals surface area contributed by atoms with Gasteiger partial charge in [0.25, 0.3) is 0 Å². The zero-order valence-corrected chi connectivity index (χ0v) is 10.4. The van der Waals surface area contributed by atoms with Gasteiger partial charge in [-0.25, -0.2) is 0 Å². The van der Waals surface area contributed by atoms with E-state index in [2.05, 4.69) is 11.8 Å². The molecule has 0 spiro atoms. The first-order valence-electron chi connectivity index (χ1n) is 5.38. The fourth-order valence-electron chi connectivity index (χ4n) is 1.16. The highest BCUT2D eigenvalue weighted by atomic mass is 32.2. The van der Waals surface area contributed by atoms with E-state index in [0.717, 1.165) is 22.8 Å². The second kappa shape index (κ2) is 8.94. The summed E-state index contributed by atoms with van der Waals surface area (Å²) < 4.78 is 5.51. The van der Waals surface area contributed by atoms with Crippen molar-refractivity contribution in [1.29, 1.82) is 0 Å². The van der Waals surface area contributed by atoms with Crippen molar-refractivity contribution in [3.05, 3.63) is 29.8 Å². The minimum Gasteiger partial charge on any atom is -0.493 e. The molecule has 0 saturated heterocycles. The highest BCUT2D eigenvalue weighted by Gasteiger charge is 1.94. The molecule has 0 aliphatic carbocycles. The third-order valence-electron chi connectivity index (χ3n) is 1.90. The van der Waals surface area contributed by atoms with Crippen LogP contribution < -0.4 is 4.74 Å². The van der Waals surface area contributed by atoms with E-state index in [9.17, 15) is 0 Å². The van der Waals surface area contributed by atoms with Crippen LogP contribution in [0.15, 0.2) is 24.3 Å². The monoisotopic (exact) mass is 252 g/mol. The number of ether oxygens (including phenoxy) is 1. The molecule has 1 aromatic carbocycles. The van der Waals surface area contributed by atoms with E-state index < -0.39 is 0 Å². The lowest BCUT2D eigenvalue weighted by molar-refractivity contribution is 0.321. The van der Waals surface area contributed by atoms with Gasteiger partial charge in [-0.3, -0.25) is 0 Å². The number of benzene rings is 1. The molecule has 0 atom stereocenters. The van der Waals surface area contributed by atoms with Crippen LogP contribution in [-0.2, 0) is 0 Å². The molecule has 2 N–H and O–H groups in total. The topological polar surface area (TPSA) is 49.7 Å². The van der Waals surface area contributed by atoms with E-state index in [0.29, 0.717) is 6.61 Å². The lowest BCUT2D eigenvalue weighted by Gasteiger charge is -2.05. The number of aliphatic hydroxyl groups excluding tert-OH is 2. The molecule has 0 unspecified atom stereocenters. The molecule has 0 aliphatic rings. The SMILES string of the molecule is OCC#Cc1ccc(OCCSCCO)cc1. The summed E-state index contributed by atoms with van der Waals surface area (Å²) >= 11 is 1.66. The van der Waals surface area contributed by atoms with Crippen LogP contribution in [0.2, 0.25) is 0 Å². The van der Waals surface area contributed by atoms with Gasteiger partial charge < -0.3 is 14.9 Å². The Kier molecular flexibility index (Phi) is 7.32. The summed E-state index contributed by atoms with van der Waals surface area (Å²) in [6, 6.07) is 7.44. The number of aliphatic hydroxyl groups is 2. The Hall–Kier alpha value is -1.15. The Morgan fingerprint density at radius 2 is 1.88 bits per heavy atom. The Labute approximate surface area is 106 Å². The summed E-state index contributed by atoms with van der Waals surface area (Å²) in [4.78, 5) is 0. The predicted octanol–water partition coefficient (Wildman–Crippen LogP) is 1.13. The van der Waals surface area contributed by atoms with Crippen LogP contribution in [0.25, 0.3) is 0 Å². The van der Waals surface area contributed by atoms with Crippen molar-refractivity contribution in [3.8, 4) is 17.6 Å². The van der Waals surface area contributed by atoms with E-state index in [4.69, 9.17) is 14.9 Å². The fraction of sp³-hybridized carbons (Fsp3) is 0.385. The van der Waals surface area contributed by atoms with Crippen molar-refractivity contribution < 1.29 is 14.9 Å². The number of rotatable bonds is 6. The first kappa shape index (κ1) is 13.9. The third-order valence-corrected chi connectivity index (χ3v) is 2.82. The van der Waals surface area contributed by atoms with Crippen LogP contribution in [0.3, 0.4) is 0 Å². The molecule has 92 valence electrons. The Bertz CT molecular complexity index is 364. The lowest BCUT2D eigenvalue weighted by atomic mass is 10.2. The molecule has 0 bridgehead atoms. The molecule has 3 nitrogen and oxygen atoms in total. The van der Waals surface area contributed by atoms with Gasteiger partial charge in [-0.05, 0) is 24.3 Å². The standard InChI is InChI=1S/C13H16O3S/c14-7-1-2-12-3-5-13(6-4-12)16-9-11-17-10-8-15/h3-6,14-15H,7-11H2. The van der Waals surface area contributed by atoms with Crippen LogP contribution in [0, 0.1) is 11.8 Å². The highest BCUT2D eigenvalue weighted by molar-refractivity contribution is 7.99. The van der Waals surface area contributed by atoms with E-state index in [1.54, 1.807) is 11.8 Å². The Morgan fingerprint density at radius 3 is 2.53 bits per heavy atom. The summed E-state index contributed by atoms with van der Waals surface area (Å²) in [5.41, 5.74) is 0.862. The maximum absolute atomic E-state index is 8.59. The molecule has 0 radical (unpaired) electrons. The lowest BCUT2D eigenvalue weighted by Crippen LogP contribution is -2.01. The normalized spacial score (nSPS) is 9.53. The van der Waals surface area contributed by atoms with E-state index >= 15 is 0 Å². The number of hydrogen-bond acceptors (Lipinski definition) is 4. The van der Waals surface area contributed by atoms with Crippen LogP contribution in [0.1, 0.15) is 5.56 Å². The molecular weight excluding hydrogens is 236 g/mol. The van der Waals surface area contributed by atoms with Gasteiger partial charge in [-0.15, -0.1) is 0 Å². The maximum atomic E-state index is 8.59. The summed E-state index contributed by atoms with van der Waals surface area (Å²) in [6.07, 6.45) is 0. The summed E-state index contributed by atoms with van der Waals surface area (Å²) in [6.45, 7) is 0.718. The van der Waals surface area contributed by atoms with Gasteiger partial charge in [0, 0.05) is 17.1 Å².